The van der Waals surface area contributed by atoms with Crippen molar-refractivity contribution < 1.29 is 4.79 Å². The normalized spacial score (nSPS) is 47.1. The number of fused-ring (bicyclic) bond motifs is 1. The largest absolute Gasteiger partial charge is 0.297 e. The Morgan fingerprint density at radius 3 is 2.69 bits per heavy atom. The highest BCUT2D eigenvalue weighted by molar-refractivity contribution is 6.38. The molecule has 0 aromatic heterocycles. The number of alkyl halides is 1. The molecule has 13 heavy (non-hydrogen) atoms. The Hall–Kier alpha value is -0.300. The standard InChI is InChI=1S/C11H15ClO/c1-11(12)9-7-5-3-2-4-6-8(9)10(11)13/h2-3,8-9H,4-7H2,1H3/b3-2-/t8?,9?,11-/m0/s1. The van der Waals surface area contributed by atoms with Crippen molar-refractivity contribution in [1.29, 1.82) is 0 Å². The average molecular weight is 199 g/mol. The van der Waals surface area contributed by atoms with Crippen molar-refractivity contribution in [1.82, 2.24) is 0 Å². The summed E-state index contributed by atoms with van der Waals surface area (Å²) in [5, 5.41) is 0. The summed E-state index contributed by atoms with van der Waals surface area (Å²) < 4.78 is 0. The van der Waals surface area contributed by atoms with Crippen molar-refractivity contribution in [3.63, 3.8) is 0 Å². The zero-order valence-corrected chi connectivity index (χ0v) is 8.68. The van der Waals surface area contributed by atoms with E-state index in [0.29, 0.717) is 5.92 Å². The van der Waals surface area contributed by atoms with Gasteiger partial charge in [0.25, 0.3) is 0 Å². The van der Waals surface area contributed by atoms with Crippen LogP contribution < -0.4 is 0 Å². The average Bonchev–Trinajstić information content (AvgIpc) is 2.03. The first-order chi connectivity index (χ1) is 6.14. The Bertz CT molecular complexity index is 255. The van der Waals surface area contributed by atoms with Crippen molar-refractivity contribution in [2.75, 3.05) is 0 Å². The molecule has 0 aromatic carbocycles. The second-order valence-electron chi connectivity index (χ2n) is 4.28. The van der Waals surface area contributed by atoms with Crippen LogP contribution in [0.4, 0.5) is 0 Å². The highest BCUT2D eigenvalue weighted by Crippen LogP contribution is 2.50. The van der Waals surface area contributed by atoms with Gasteiger partial charge in [-0.3, -0.25) is 4.79 Å². The number of hydrogen-bond acceptors (Lipinski definition) is 1. The molecule has 0 N–H and O–H groups in total. The third-order valence-electron chi connectivity index (χ3n) is 3.46. The van der Waals surface area contributed by atoms with E-state index in [9.17, 15) is 4.79 Å². The molecular formula is C11H15ClO. The summed E-state index contributed by atoms with van der Waals surface area (Å²) in [5.74, 6) is 0.952. The van der Waals surface area contributed by atoms with Gasteiger partial charge in [-0.1, -0.05) is 12.2 Å². The lowest BCUT2D eigenvalue weighted by Crippen LogP contribution is -2.58. The first kappa shape index (κ1) is 9.26. The van der Waals surface area contributed by atoms with E-state index in [1.165, 1.54) is 0 Å². The minimum absolute atomic E-state index is 0.257. The van der Waals surface area contributed by atoms with Gasteiger partial charge in [0.05, 0.1) is 0 Å². The molecule has 1 saturated carbocycles. The first-order valence-corrected chi connectivity index (χ1v) is 5.40. The Balaban J connectivity index is 2.13. The van der Waals surface area contributed by atoms with Gasteiger partial charge < -0.3 is 0 Å². The number of Topliss-reactive ketones (excluding diaryl/α,β-unsaturated/α-hetero) is 1. The molecule has 0 aromatic rings. The molecule has 2 aliphatic rings. The second-order valence-corrected chi connectivity index (χ2v) is 5.06. The van der Waals surface area contributed by atoms with Crippen LogP contribution in [0, 0.1) is 11.8 Å². The summed E-state index contributed by atoms with van der Waals surface area (Å²) in [7, 11) is 0. The summed E-state index contributed by atoms with van der Waals surface area (Å²) in [6.07, 6.45) is 8.60. The molecule has 3 atom stereocenters. The van der Waals surface area contributed by atoms with Crippen molar-refractivity contribution in [3.8, 4) is 0 Å². The molecule has 2 rings (SSSR count). The lowest BCUT2D eigenvalue weighted by atomic mass is 9.60. The topological polar surface area (TPSA) is 17.1 Å². The van der Waals surface area contributed by atoms with E-state index in [4.69, 9.17) is 11.6 Å². The van der Waals surface area contributed by atoms with Crippen molar-refractivity contribution in [3.05, 3.63) is 12.2 Å². The van der Waals surface area contributed by atoms with E-state index < -0.39 is 4.87 Å². The summed E-state index contributed by atoms with van der Waals surface area (Å²) in [4.78, 5) is 11.1. The third kappa shape index (κ3) is 1.34. The molecule has 0 spiro atoms. The van der Waals surface area contributed by atoms with Crippen LogP contribution in [0.3, 0.4) is 0 Å². The molecule has 2 unspecified atom stereocenters. The van der Waals surface area contributed by atoms with Crippen LogP contribution in [0.15, 0.2) is 12.2 Å². The molecule has 0 heterocycles. The maximum atomic E-state index is 11.6. The quantitative estimate of drug-likeness (QED) is 0.432. The van der Waals surface area contributed by atoms with Gasteiger partial charge in [-0.2, -0.15) is 0 Å². The number of hydrogen-bond donors (Lipinski definition) is 0. The van der Waals surface area contributed by atoms with Gasteiger partial charge in [0.2, 0.25) is 0 Å². The number of carbonyl (C=O) groups is 1. The second kappa shape index (κ2) is 3.13. The molecule has 0 saturated heterocycles. The fourth-order valence-electron chi connectivity index (χ4n) is 2.60. The van der Waals surface area contributed by atoms with Gasteiger partial charge in [0.15, 0.2) is 5.78 Å². The molecule has 0 bridgehead atoms. The van der Waals surface area contributed by atoms with Gasteiger partial charge in [0, 0.05) is 5.92 Å². The zero-order chi connectivity index (χ0) is 9.47. The number of halogens is 1. The van der Waals surface area contributed by atoms with E-state index in [1.54, 1.807) is 0 Å². The summed E-state index contributed by atoms with van der Waals surface area (Å²) in [5.41, 5.74) is 0. The Labute approximate surface area is 84.2 Å². The monoisotopic (exact) mass is 198 g/mol. The SMILES string of the molecule is C[C@@]1(Cl)C(=O)C2CC/C=C\CCC21. The Morgan fingerprint density at radius 1 is 1.38 bits per heavy atom. The van der Waals surface area contributed by atoms with E-state index in [2.05, 4.69) is 12.2 Å². The minimum Gasteiger partial charge on any atom is -0.297 e. The number of carbonyl (C=O) groups excluding carboxylic acids is 1. The molecule has 0 aliphatic heterocycles. The van der Waals surface area contributed by atoms with E-state index in [-0.39, 0.29) is 11.7 Å². The predicted molar refractivity (Wildman–Crippen MR) is 53.9 cm³/mol. The van der Waals surface area contributed by atoms with Crippen molar-refractivity contribution in [2.45, 2.75) is 37.5 Å². The minimum atomic E-state index is -0.546. The summed E-state index contributed by atoms with van der Waals surface area (Å²) in [6, 6.07) is 0. The highest BCUT2D eigenvalue weighted by Gasteiger charge is 2.56. The lowest BCUT2D eigenvalue weighted by molar-refractivity contribution is -0.139. The molecule has 2 aliphatic carbocycles. The van der Waals surface area contributed by atoms with Crippen molar-refractivity contribution in [2.24, 2.45) is 11.8 Å². The first-order valence-electron chi connectivity index (χ1n) is 5.02. The molecule has 72 valence electrons. The third-order valence-corrected chi connectivity index (χ3v) is 3.92. The van der Waals surface area contributed by atoms with Crippen LogP contribution in [-0.2, 0) is 4.79 Å². The lowest BCUT2D eigenvalue weighted by Gasteiger charge is -2.48. The van der Waals surface area contributed by atoms with Crippen LogP contribution in [0.2, 0.25) is 0 Å². The highest BCUT2D eigenvalue weighted by atomic mass is 35.5. The van der Waals surface area contributed by atoms with Crippen LogP contribution in [0.5, 0.6) is 0 Å². The van der Waals surface area contributed by atoms with Gasteiger partial charge in [-0.15, -0.1) is 11.6 Å². The summed E-state index contributed by atoms with van der Waals surface area (Å²) >= 11 is 6.18. The molecule has 0 amide bonds. The van der Waals surface area contributed by atoms with Crippen LogP contribution >= 0.6 is 11.6 Å². The van der Waals surface area contributed by atoms with E-state index >= 15 is 0 Å². The maximum Gasteiger partial charge on any atom is 0.157 e. The van der Waals surface area contributed by atoms with E-state index in [0.717, 1.165) is 25.7 Å². The number of allylic oxidation sites excluding steroid dienone is 2. The maximum absolute atomic E-state index is 11.6. The Morgan fingerprint density at radius 2 is 2.00 bits per heavy atom. The fourth-order valence-corrected chi connectivity index (χ4v) is 3.00. The van der Waals surface area contributed by atoms with Gasteiger partial charge in [0.1, 0.15) is 4.87 Å². The van der Waals surface area contributed by atoms with Crippen LogP contribution in [0.25, 0.3) is 0 Å². The van der Waals surface area contributed by atoms with Gasteiger partial charge in [-0.05, 0) is 38.5 Å². The predicted octanol–water partition coefficient (Wildman–Crippen LogP) is 2.93. The fraction of sp³-hybridized carbons (Fsp3) is 0.727. The molecule has 1 nitrogen and oxygen atoms in total. The van der Waals surface area contributed by atoms with Crippen LogP contribution in [-0.4, -0.2) is 10.7 Å². The number of ketones is 1. The van der Waals surface area contributed by atoms with Gasteiger partial charge in [-0.25, -0.2) is 0 Å². The van der Waals surface area contributed by atoms with Crippen molar-refractivity contribution >= 4 is 17.4 Å². The molecule has 2 heteroatoms. The molecular weight excluding hydrogens is 184 g/mol. The van der Waals surface area contributed by atoms with Gasteiger partial charge >= 0.3 is 0 Å². The molecule has 0 radical (unpaired) electrons. The van der Waals surface area contributed by atoms with E-state index in [1.807, 2.05) is 6.92 Å². The van der Waals surface area contributed by atoms with Crippen LogP contribution in [0.1, 0.15) is 32.6 Å². The Kier molecular flexibility index (Phi) is 2.23. The summed E-state index contributed by atoms with van der Waals surface area (Å²) in [6.45, 7) is 1.88. The smallest absolute Gasteiger partial charge is 0.157 e. The number of rotatable bonds is 0. The molecule has 1 fully saturated rings. The zero-order valence-electron chi connectivity index (χ0n) is 7.92.